The van der Waals surface area contributed by atoms with E-state index in [1.165, 1.54) is 39.0 Å². The molecule has 1 atom stereocenters. The lowest BCUT2D eigenvalue weighted by Crippen LogP contribution is -2.41. The first-order chi connectivity index (χ1) is 7.59. The van der Waals surface area contributed by atoms with Crippen LogP contribution in [0.3, 0.4) is 0 Å². The molecule has 1 saturated heterocycles. The molecule has 0 aromatic carbocycles. The molecule has 0 saturated carbocycles. The monoisotopic (exact) mass is 227 g/mol. The highest BCUT2D eigenvalue weighted by molar-refractivity contribution is 4.78. The van der Waals surface area contributed by atoms with E-state index in [2.05, 4.69) is 43.1 Å². The fourth-order valence-electron chi connectivity index (χ4n) is 2.42. The Labute approximate surface area is 101 Å². The summed E-state index contributed by atoms with van der Waals surface area (Å²) in [6.45, 7) is 10.6. The molecule has 1 fully saturated rings. The Morgan fingerprint density at radius 2 is 2.06 bits per heavy atom. The Balaban J connectivity index is 2.44. The van der Waals surface area contributed by atoms with E-state index in [9.17, 15) is 0 Å². The van der Waals surface area contributed by atoms with Gasteiger partial charge in [0, 0.05) is 32.2 Å². The summed E-state index contributed by atoms with van der Waals surface area (Å²) >= 11 is 0. The van der Waals surface area contributed by atoms with E-state index in [1.54, 1.807) is 0 Å². The van der Waals surface area contributed by atoms with Gasteiger partial charge in [0.1, 0.15) is 0 Å². The van der Waals surface area contributed by atoms with Crippen molar-refractivity contribution in [3.05, 3.63) is 0 Å². The molecule has 0 radical (unpaired) electrons. The molecule has 3 nitrogen and oxygen atoms in total. The van der Waals surface area contributed by atoms with Crippen LogP contribution in [0.25, 0.3) is 0 Å². The first kappa shape index (κ1) is 13.9. The minimum absolute atomic E-state index is 0.787. The van der Waals surface area contributed by atoms with E-state index in [0.717, 1.165) is 18.5 Å². The molecule has 0 spiro atoms. The average molecular weight is 227 g/mol. The molecule has 1 unspecified atom stereocenters. The number of hydrogen-bond donors (Lipinski definition) is 1. The molecule has 0 amide bonds. The Bertz CT molecular complexity index is 180. The predicted octanol–water partition coefficient (Wildman–Crippen LogP) is 1.26. The Morgan fingerprint density at radius 3 is 2.69 bits per heavy atom. The zero-order chi connectivity index (χ0) is 12.0. The maximum atomic E-state index is 3.51. The van der Waals surface area contributed by atoms with Crippen LogP contribution in [0.1, 0.15) is 26.7 Å². The van der Waals surface area contributed by atoms with E-state index in [0.29, 0.717) is 0 Å². The lowest BCUT2D eigenvalue weighted by molar-refractivity contribution is 0.167. The largest absolute Gasteiger partial charge is 0.315 e. The van der Waals surface area contributed by atoms with Crippen LogP contribution in [-0.2, 0) is 0 Å². The molecule has 0 bridgehead atoms. The topological polar surface area (TPSA) is 18.5 Å². The van der Waals surface area contributed by atoms with Crippen LogP contribution in [-0.4, -0.2) is 62.7 Å². The van der Waals surface area contributed by atoms with E-state index in [4.69, 9.17) is 0 Å². The van der Waals surface area contributed by atoms with Gasteiger partial charge in [0.2, 0.25) is 0 Å². The summed E-state index contributed by atoms with van der Waals surface area (Å²) in [7, 11) is 4.32. The zero-order valence-corrected chi connectivity index (χ0v) is 11.5. The fourth-order valence-corrected chi connectivity index (χ4v) is 2.42. The predicted molar refractivity (Wildman–Crippen MR) is 70.9 cm³/mol. The molecule has 16 heavy (non-hydrogen) atoms. The van der Waals surface area contributed by atoms with Gasteiger partial charge in [-0.2, -0.15) is 0 Å². The number of nitrogens with one attached hydrogen (secondary N) is 1. The van der Waals surface area contributed by atoms with Crippen LogP contribution in [0.2, 0.25) is 0 Å². The highest BCUT2D eigenvalue weighted by atomic mass is 15.2. The highest BCUT2D eigenvalue weighted by Crippen LogP contribution is 2.15. The molecule has 1 rings (SSSR count). The van der Waals surface area contributed by atoms with Gasteiger partial charge in [-0.15, -0.1) is 0 Å². The second-order valence-corrected chi connectivity index (χ2v) is 5.66. The molecule has 96 valence electrons. The Kier molecular flexibility index (Phi) is 6.32. The fraction of sp³-hybridized carbons (Fsp3) is 1.00. The van der Waals surface area contributed by atoms with Gasteiger partial charge in [0.15, 0.2) is 0 Å². The lowest BCUT2D eigenvalue weighted by atomic mass is 10.00. The standard InChI is InChI=1S/C13H29N3/c1-12(2)11-13-5-6-14-7-8-16(13)10-9-15(3)4/h12-14H,5-11H2,1-4H3. The second-order valence-electron chi connectivity index (χ2n) is 5.66. The van der Waals surface area contributed by atoms with Crippen molar-refractivity contribution in [3.8, 4) is 0 Å². The highest BCUT2D eigenvalue weighted by Gasteiger charge is 2.21. The minimum atomic E-state index is 0.787. The molecule has 0 aliphatic carbocycles. The van der Waals surface area contributed by atoms with Crippen LogP contribution in [0.15, 0.2) is 0 Å². The number of rotatable bonds is 5. The van der Waals surface area contributed by atoms with E-state index in [1.807, 2.05) is 0 Å². The molecule has 3 heteroatoms. The van der Waals surface area contributed by atoms with Gasteiger partial charge < -0.3 is 10.2 Å². The first-order valence-electron chi connectivity index (χ1n) is 6.69. The summed E-state index contributed by atoms with van der Waals surface area (Å²) in [6.07, 6.45) is 2.65. The second kappa shape index (κ2) is 7.25. The molecule has 1 aliphatic rings. The third kappa shape index (κ3) is 5.28. The summed E-state index contributed by atoms with van der Waals surface area (Å²) in [6, 6.07) is 0.787. The van der Waals surface area contributed by atoms with Crippen LogP contribution in [0, 0.1) is 5.92 Å². The third-order valence-electron chi connectivity index (χ3n) is 3.32. The van der Waals surface area contributed by atoms with Gasteiger partial charge in [-0.05, 0) is 39.4 Å². The third-order valence-corrected chi connectivity index (χ3v) is 3.32. The van der Waals surface area contributed by atoms with Crippen LogP contribution >= 0.6 is 0 Å². The van der Waals surface area contributed by atoms with Gasteiger partial charge in [0.05, 0.1) is 0 Å². The molecular formula is C13H29N3. The summed E-state index contributed by atoms with van der Waals surface area (Å²) in [5.41, 5.74) is 0. The normalized spacial score (nSPS) is 24.0. The maximum Gasteiger partial charge on any atom is 0.0113 e. The zero-order valence-electron chi connectivity index (χ0n) is 11.5. The number of likely N-dealkylation sites (N-methyl/N-ethyl adjacent to an activating group) is 1. The molecule has 0 aromatic heterocycles. The van der Waals surface area contributed by atoms with Crippen LogP contribution in [0.4, 0.5) is 0 Å². The van der Waals surface area contributed by atoms with Crippen molar-refractivity contribution in [3.63, 3.8) is 0 Å². The molecular weight excluding hydrogens is 198 g/mol. The van der Waals surface area contributed by atoms with E-state index < -0.39 is 0 Å². The molecule has 1 heterocycles. The van der Waals surface area contributed by atoms with Gasteiger partial charge in [-0.1, -0.05) is 13.8 Å². The van der Waals surface area contributed by atoms with Crippen molar-refractivity contribution in [1.82, 2.24) is 15.1 Å². The lowest BCUT2D eigenvalue weighted by Gasteiger charge is -2.31. The van der Waals surface area contributed by atoms with Gasteiger partial charge in [0.25, 0.3) is 0 Å². The quantitative estimate of drug-likeness (QED) is 0.763. The van der Waals surface area contributed by atoms with Gasteiger partial charge in [-0.3, -0.25) is 4.90 Å². The minimum Gasteiger partial charge on any atom is -0.315 e. The molecule has 1 N–H and O–H groups in total. The molecule has 1 aliphatic heterocycles. The van der Waals surface area contributed by atoms with E-state index in [-0.39, 0.29) is 0 Å². The smallest absolute Gasteiger partial charge is 0.0113 e. The summed E-state index contributed by atoms with van der Waals surface area (Å²) in [4.78, 5) is 4.96. The summed E-state index contributed by atoms with van der Waals surface area (Å²) in [5, 5.41) is 3.51. The first-order valence-corrected chi connectivity index (χ1v) is 6.69. The summed E-state index contributed by atoms with van der Waals surface area (Å²) < 4.78 is 0. The van der Waals surface area contributed by atoms with Gasteiger partial charge >= 0.3 is 0 Å². The van der Waals surface area contributed by atoms with Crippen molar-refractivity contribution >= 4 is 0 Å². The average Bonchev–Trinajstić information content (AvgIpc) is 2.39. The molecule has 0 aromatic rings. The van der Waals surface area contributed by atoms with Crippen molar-refractivity contribution in [2.24, 2.45) is 5.92 Å². The van der Waals surface area contributed by atoms with Crippen molar-refractivity contribution < 1.29 is 0 Å². The van der Waals surface area contributed by atoms with Crippen molar-refractivity contribution in [2.45, 2.75) is 32.7 Å². The van der Waals surface area contributed by atoms with Crippen molar-refractivity contribution in [1.29, 1.82) is 0 Å². The Morgan fingerprint density at radius 1 is 1.31 bits per heavy atom. The Hall–Kier alpha value is -0.120. The van der Waals surface area contributed by atoms with Gasteiger partial charge in [-0.25, -0.2) is 0 Å². The SMILES string of the molecule is CC(C)CC1CCNCCN1CCN(C)C. The van der Waals surface area contributed by atoms with E-state index >= 15 is 0 Å². The number of hydrogen-bond acceptors (Lipinski definition) is 3. The van der Waals surface area contributed by atoms with Crippen LogP contribution in [0.5, 0.6) is 0 Å². The summed E-state index contributed by atoms with van der Waals surface area (Å²) in [5.74, 6) is 0.810. The number of nitrogens with zero attached hydrogens (tertiary/aromatic N) is 2. The van der Waals surface area contributed by atoms with Crippen molar-refractivity contribution in [2.75, 3.05) is 46.8 Å². The van der Waals surface area contributed by atoms with Crippen LogP contribution < -0.4 is 5.32 Å². The maximum absolute atomic E-state index is 3.51.